The summed E-state index contributed by atoms with van der Waals surface area (Å²) in [5.74, 6) is 0.975. The molecule has 1 aromatic carbocycles. The lowest BCUT2D eigenvalue weighted by molar-refractivity contribution is -0.140. The van der Waals surface area contributed by atoms with Crippen LogP contribution in [0.5, 0.6) is 0 Å². The molecule has 0 radical (unpaired) electrons. The number of nitrogens with one attached hydrogen (secondary N) is 2. The van der Waals surface area contributed by atoms with Crippen LogP contribution in [0.15, 0.2) is 41.4 Å². The van der Waals surface area contributed by atoms with E-state index in [1.807, 2.05) is 25.1 Å². The molecule has 3 aliphatic rings. The van der Waals surface area contributed by atoms with Gasteiger partial charge in [0.05, 0.1) is 30.0 Å². The maximum Gasteiger partial charge on any atom is 0.233 e. The molecule has 2 N–H and O–H groups in total. The second kappa shape index (κ2) is 10.3. The van der Waals surface area contributed by atoms with Crippen LogP contribution in [0.3, 0.4) is 0 Å². The number of fused-ring (bicyclic) bond motifs is 5. The minimum Gasteiger partial charge on any atom is -0.357 e. The molecule has 31 heavy (non-hydrogen) atoms. The zero-order valence-electron chi connectivity index (χ0n) is 17.6. The number of carbonyl (C=O) groups excluding carboxylic acids is 2. The first kappa shape index (κ1) is 23.3. The third-order valence-corrected chi connectivity index (χ3v) is 6.23. The molecule has 1 saturated carbocycles. The molecule has 2 bridgehead atoms. The number of rotatable bonds is 7. The zero-order valence-corrected chi connectivity index (χ0v) is 19.9. The van der Waals surface area contributed by atoms with Crippen LogP contribution in [0.25, 0.3) is 0 Å². The summed E-state index contributed by atoms with van der Waals surface area (Å²) >= 11 is 0. The first-order valence-corrected chi connectivity index (χ1v) is 10.7. The third-order valence-electron chi connectivity index (χ3n) is 6.23. The summed E-state index contributed by atoms with van der Waals surface area (Å²) in [7, 11) is 0. The number of guanidine groups is 1. The summed E-state index contributed by atoms with van der Waals surface area (Å²) in [6, 6.07) is 9.53. The second-order valence-electron chi connectivity index (χ2n) is 8.12. The summed E-state index contributed by atoms with van der Waals surface area (Å²) in [4.78, 5) is 31.5. The summed E-state index contributed by atoms with van der Waals surface area (Å²) in [5.41, 5.74) is 1.59. The Morgan fingerprint density at radius 1 is 1.19 bits per heavy atom. The molecule has 2 fully saturated rings. The molecule has 4 atom stereocenters. The van der Waals surface area contributed by atoms with Gasteiger partial charge in [0.25, 0.3) is 0 Å². The number of hydrogen-bond acceptors (Lipinski definition) is 4. The molecule has 4 rings (SSSR count). The number of benzene rings is 1. The normalized spacial score (nSPS) is 25.9. The van der Waals surface area contributed by atoms with Crippen LogP contribution in [0.1, 0.15) is 30.9 Å². The number of likely N-dealkylation sites (tertiary alicyclic amines) is 1. The van der Waals surface area contributed by atoms with E-state index in [9.17, 15) is 9.59 Å². The Balaban J connectivity index is 0.00000272. The van der Waals surface area contributed by atoms with Gasteiger partial charge in [-0.3, -0.25) is 14.5 Å². The number of carbonyl (C=O) groups is 2. The van der Waals surface area contributed by atoms with Crippen molar-refractivity contribution in [3.8, 4) is 6.07 Å². The van der Waals surface area contributed by atoms with Crippen LogP contribution < -0.4 is 10.6 Å². The van der Waals surface area contributed by atoms with Crippen LogP contribution in [-0.2, 0) is 16.1 Å². The van der Waals surface area contributed by atoms with E-state index in [2.05, 4.69) is 33.8 Å². The van der Waals surface area contributed by atoms with Crippen LogP contribution >= 0.6 is 24.0 Å². The van der Waals surface area contributed by atoms with Crippen molar-refractivity contribution >= 4 is 41.8 Å². The minimum atomic E-state index is -0.122. The maximum absolute atomic E-state index is 12.7. The Morgan fingerprint density at radius 3 is 2.55 bits per heavy atom. The van der Waals surface area contributed by atoms with E-state index in [-0.39, 0.29) is 59.5 Å². The van der Waals surface area contributed by atoms with Crippen LogP contribution in [-0.4, -0.2) is 42.3 Å². The lowest BCUT2D eigenvalue weighted by Crippen LogP contribution is -2.40. The van der Waals surface area contributed by atoms with Crippen molar-refractivity contribution in [1.82, 2.24) is 15.5 Å². The van der Waals surface area contributed by atoms with Gasteiger partial charge in [0, 0.05) is 19.6 Å². The van der Waals surface area contributed by atoms with E-state index < -0.39 is 0 Å². The average Bonchev–Trinajstić information content (AvgIpc) is 3.44. The summed E-state index contributed by atoms with van der Waals surface area (Å²) < 4.78 is 0. The van der Waals surface area contributed by atoms with Gasteiger partial charge in [-0.1, -0.05) is 24.3 Å². The molecule has 164 valence electrons. The van der Waals surface area contributed by atoms with Gasteiger partial charge in [0.15, 0.2) is 5.96 Å². The van der Waals surface area contributed by atoms with Crippen molar-refractivity contribution in [2.75, 3.05) is 19.6 Å². The Kier molecular flexibility index (Phi) is 7.70. The molecule has 2 amide bonds. The lowest BCUT2D eigenvalue weighted by Gasteiger charge is -2.18. The Hall–Kier alpha value is -2.41. The van der Waals surface area contributed by atoms with Crippen molar-refractivity contribution in [1.29, 1.82) is 5.26 Å². The quantitative estimate of drug-likeness (QED) is 0.140. The van der Waals surface area contributed by atoms with Gasteiger partial charge in [-0.25, -0.2) is 4.99 Å². The number of aliphatic imine (C=N–C) groups is 1. The minimum absolute atomic E-state index is 0. The van der Waals surface area contributed by atoms with Gasteiger partial charge in [-0.05, 0) is 49.3 Å². The predicted molar refractivity (Wildman–Crippen MR) is 128 cm³/mol. The molecule has 1 heterocycles. The largest absolute Gasteiger partial charge is 0.357 e. The van der Waals surface area contributed by atoms with E-state index in [1.54, 1.807) is 6.07 Å². The molecule has 1 aliphatic heterocycles. The Bertz CT molecular complexity index is 908. The molecule has 1 aromatic rings. The molecule has 0 spiro atoms. The molecule has 2 aliphatic carbocycles. The standard InChI is InChI=1S/C23H27N5O2.HI/c1-2-25-23(27-14-16-6-3-5-15(11-16)13-24)26-9-4-10-28-21(29)19-17-7-8-18(12-17)20(19)22(28)30;/h3,5-8,11,17-20H,2,4,9-10,12,14H2,1H3,(H2,25,26,27);1H. The average molecular weight is 533 g/mol. The van der Waals surface area contributed by atoms with Crippen LogP contribution in [0, 0.1) is 35.0 Å². The van der Waals surface area contributed by atoms with E-state index in [0.29, 0.717) is 37.6 Å². The van der Waals surface area contributed by atoms with Crippen molar-refractivity contribution in [3.05, 3.63) is 47.5 Å². The van der Waals surface area contributed by atoms with Gasteiger partial charge in [0.2, 0.25) is 11.8 Å². The number of nitrogens with zero attached hydrogens (tertiary/aromatic N) is 3. The van der Waals surface area contributed by atoms with Crippen LogP contribution in [0.2, 0.25) is 0 Å². The second-order valence-corrected chi connectivity index (χ2v) is 8.12. The lowest BCUT2D eigenvalue weighted by atomic mass is 9.85. The topological polar surface area (TPSA) is 97.6 Å². The maximum atomic E-state index is 12.7. The smallest absolute Gasteiger partial charge is 0.233 e. The number of amides is 2. The predicted octanol–water partition coefficient (Wildman–Crippen LogP) is 2.43. The number of hydrogen-bond donors (Lipinski definition) is 2. The fraction of sp³-hybridized carbons (Fsp3) is 0.478. The molecule has 1 saturated heterocycles. The van der Waals surface area contributed by atoms with E-state index in [1.165, 1.54) is 4.90 Å². The summed E-state index contributed by atoms with van der Waals surface area (Å²) in [6.45, 7) is 4.25. The SMILES string of the molecule is CCNC(=NCc1cccc(C#N)c1)NCCCN1C(=O)C2C3C=CC(C3)C2C1=O.I. The van der Waals surface area contributed by atoms with E-state index >= 15 is 0 Å². The first-order valence-electron chi connectivity index (χ1n) is 10.7. The summed E-state index contributed by atoms with van der Waals surface area (Å²) in [6.07, 6.45) is 5.87. The molecule has 8 heteroatoms. The molecule has 0 aromatic heterocycles. The first-order chi connectivity index (χ1) is 14.6. The molecule has 4 unspecified atom stereocenters. The fourth-order valence-electron chi connectivity index (χ4n) is 4.88. The number of imide groups is 1. The number of nitriles is 1. The van der Waals surface area contributed by atoms with Gasteiger partial charge >= 0.3 is 0 Å². The third kappa shape index (κ3) is 4.76. The van der Waals surface area contributed by atoms with Gasteiger partial charge in [-0.15, -0.1) is 24.0 Å². The number of halogens is 1. The highest BCUT2D eigenvalue weighted by Gasteiger charge is 2.58. The van der Waals surface area contributed by atoms with Crippen molar-refractivity contribution in [2.45, 2.75) is 26.3 Å². The van der Waals surface area contributed by atoms with Crippen molar-refractivity contribution in [3.63, 3.8) is 0 Å². The van der Waals surface area contributed by atoms with Crippen molar-refractivity contribution in [2.24, 2.45) is 28.7 Å². The van der Waals surface area contributed by atoms with E-state index in [0.717, 1.165) is 18.5 Å². The zero-order chi connectivity index (χ0) is 21.1. The Morgan fingerprint density at radius 2 is 1.90 bits per heavy atom. The highest BCUT2D eigenvalue weighted by molar-refractivity contribution is 14.0. The highest BCUT2D eigenvalue weighted by atomic mass is 127. The van der Waals surface area contributed by atoms with Crippen LogP contribution in [0.4, 0.5) is 0 Å². The molecule has 7 nitrogen and oxygen atoms in total. The molecular formula is C23H28IN5O2. The summed E-state index contributed by atoms with van der Waals surface area (Å²) in [5, 5.41) is 15.5. The van der Waals surface area contributed by atoms with Gasteiger partial charge < -0.3 is 10.6 Å². The van der Waals surface area contributed by atoms with Gasteiger partial charge in [0.1, 0.15) is 0 Å². The number of allylic oxidation sites excluding steroid dienone is 2. The monoisotopic (exact) mass is 533 g/mol. The fourth-order valence-corrected chi connectivity index (χ4v) is 4.88. The molecular weight excluding hydrogens is 505 g/mol. The van der Waals surface area contributed by atoms with E-state index in [4.69, 9.17) is 5.26 Å². The van der Waals surface area contributed by atoms with Crippen molar-refractivity contribution < 1.29 is 9.59 Å². The van der Waals surface area contributed by atoms with Gasteiger partial charge in [-0.2, -0.15) is 5.26 Å². The Labute approximate surface area is 200 Å². The highest BCUT2D eigenvalue weighted by Crippen LogP contribution is 2.52.